The first-order valence-electron chi connectivity index (χ1n) is 27.2. The lowest BCUT2D eigenvalue weighted by Crippen LogP contribution is -2.62. The minimum atomic E-state index is -1.51. The van der Waals surface area contributed by atoms with E-state index in [1.54, 1.807) is 12.1 Å². The van der Waals surface area contributed by atoms with Gasteiger partial charge in [-0.05, 0) is 96.0 Å². The molecule has 420 valence electrons. The van der Waals surface area contributed by atoms with Gasteiger partial charge in [0.05, 0.1) is 38.6 Å². The van der Waals surface area contributed by atoms with Crippen LogP contribution in [0, 0.1) is 35.5 Å². The Hall–Kier alpha value is -5.26. The van der Waals surface area contributed by atoms with Gasteiger partial charge in [-0.25, -0.2) is 0 Å². The quantitative estimate of drug-likeness (QED) is 0.0722. The number of esters is 4. The zero-order valence-electron chi connectivity index (χ0n) is 45.8. The van der Waals surface area contributed by atoms with Crippen molar-refractivity contribution in [2.75, 3.05) is 33.5 Å². The Balaban J connectivity index is 0.000000190. The van der Waals surface area contributed by atoms with E-state index in [9.17, 15) is 19.2 Å². The third-order valence-corrected chi connectivity index (χ3v) is 17.0. The molecule has 2 aliphatic carbocycles. The molecule has 6 aliphatic rings. The Bertz CT molecular complexity index is 2750. The molecule has 2 saturated carbocycles. The zero-order chi connectivity index (χ0) is 55.6. The van der Waals surface area contributed by atoms with Crippen LogP contribution in [0.3, 0.4) is 0 Å². The summed E-state index contributed by atoms with van der Waals surface area (Å²) in [5.41, 5.74) is 5.35. The smallest absolute Gasteiger partial charge is 0.303 e. The summed E-state index contributed by atoms with van der Waals surface area (Å²) in [7, 11) is 1.50. The van der Waals surface area contributed by atoms with E-state index in [1.807, 2.05) is 88.4 Å². The first-order valence-corrected chi connectivity index (χ1v) is 28.0. The number of rotatable bonds is 17. The van der Waals surface area contributed by atoms with Gasteiger partial charge in [-0.3, -0.25) is 19.2 Å². The maximum Gasteiger partial charge on any atom is 0.303 e. The predicted molar refractivity (Wildman–Crippen MR) is 288 cm³/mol. The standard InChI is InChI=1S/C31H37ClO8.C30H35ClO7/c1-6-27-17(2)28(37-18(3)33)30(38-19(4)34)31(35-5,40-27)22-9-12-26(32)21(14-22)13-20-7-10-23(11-8-20)39-29-24-15-36-16-25(24)29;1-5-26-16(2)27(35-17(3)32)30(36-18(4)33)28(38-26)20-8-11-25(31)21(13-20)12-19-6-9-22(10-7-19)37-29-23-14-34-15-24(23)29/h7-12,14,17,24-25,27-30H,6,13,15-16H2,1-5H3;6-11,13,16,23-24,26-30H,5,12,14-15H2,1-4H3/t17-,24?,25?,27-,28+,29?,30-,31?;16-,23?,24?,26-,27+,28?,29?,30-/m11/s1. The number of benzene rings is 4. The summed E-state index contributed by atoms with van der Waals surface area (Å²) >= 11 is 13.3. The molecule has 14 atom stereocenters. The molecule has 4 aromatic rings. The average molecular weight is 1120 g/mol. The highest BCUT2D eigenvalue weighted by Gasteiger charge is 2.59. The molecule has 4 aliphatic heterocycles. The van der Waals surface area contributed by atoms with Crippen LogP contribution in [0.15, 0.2) is 84.9 Å². The van der Waals surface area contributed by atoms with E-state index in [4.69, 9.17) is 75.3 Å². The maximum absolute atomic E-state index is 12.2. The van der Waals surface area contributed by atoms with Crippen LogP contribution in [0.2, 0.25) is 10.0 Å². The van der Waals surface area contributed by atoms with Crippen molar-refractivity contribution in [3.05, 3.63) is 128 Å². The summed E-state index contributed by atoms with van der Waals surface area (Å²) in [5, 5.41) is 1.22. The Morgan fingerprint density at radius 3 is 1.47 bits per heavy atom. The van der Waals surface area contributed by atoms with Gasteiger partial charge in [0.2, 0.25) is 5.79 Å². The lowest BCUT2D eigenvalue weighted by molar-refractivity contribution is -0.356. The monoisotopic (exact) mass is 1110 g/mol. The number of halogens is 2. The van der Waals surface area contributed by atoms with Gasteiger partial charge in [-0.15, -0.1) is 0 Å². The molecule has 4 heterocycles. The molecule has 78 heavy (non-hydrogen) atoms. The summed E-state index contributed by atoms with van der Waals surface area (Å²) in [6.07, 6.45) is -1.23. The fourth-order valence-electron chi connectivity index (χ4n) is 11.9. The predicted octanol–water partition coefficient (Wildman–Crippen LogP) is 10.4. The van der Waals surface area contributed by atoms with E-state index in [1.165, 1.54) is 34.8 Å². The van der Waals surface area contributed by atoms with Crippen LogP contribution < -0.4 is 9.47 Å². The largest absolute Gasteiger partial charge is 0.490 e. The number of hydrogen-bond donors (Lipinski definition) is 0. The third-order valence-electron chi connectivity index (χ3n) is 16.2. The summed E-state index contributed by atoms with van der Waals surface area (Å²) in [5.74, 6) is 0.0329. The first kappa shape index (κ1) is 57.4. The van der Waals surface area contributed by atoms with Crippen LogP contribution in [0.4, 0.5) is 0 Å². The summed E-state index contributed by atoms with van der Waals surface area (Å²) in [6, 6.07) is 27.3. The van der Waals surface area contributed by atoms with Gasteiger partial charge in [0.1, 0.15) is 42.0 Å². The van der Waals surface area contributed by atoms with Crippen molar-refractivity contribution in [2.45, 2.75) is 142 Å². The maximum atomic E-state index is 12.2. The fraction of sp³-hybridized carbons (Fsp3) is 0.541. The molecule has 0 bridgehead atoms. The first-order chi connectivity index (χ1) is 37.4. The van der Waals surface area contributed by atoms with E-state index in [0.29, 0.717) is 58.5 Å². The highest BCUT2D eigenvalue weighted by Crippen LogP contribution is 2.49. The Kier molecular flexibility index (Phi) is 18.1. The van der Waals surface area contributed by atoms with Crippen LogP contribution in [0.5, 0.6) is 11.5 Å². The van der Waals surface area contributed by atoms with E-state index in [-0.39, 0.29) is 36.3 Å². The number of ether oxygens (including phenoxy) is 11. The normalized spacial score (nSPS) is 32.3. The Morgan fingerprint density at radius 1 is 0.551 bits per heavy atom. The van der Waals surface area contributed by atoms with Gasteiger partial charge in [-0.1, -0.05) is 93.4 Å². The van der Waals surface area contributed by atoms with Crippen LogP contribution in [0.25, 0.3) is 0 Å². The van der Waals surface area contributed by atoms with Crippen molar-refractivity contribution in [3.63, 3.8) is 0 Å². The molecule has 15 nitrogen and oxygen atoms in total. The van der Waals surface area contributed by atoms with Gasteiger partial charge in [0.15, 0.2) is 12.2 Å². The minimum Gasteiger partial charge on any atom is -0.490 e. The number of fused-ring (bicyclic) bond motifs is 2. The molecule has 17 heteroatoms. The van der Waals surface area contributed by atoms with Gasteiger partial charge in [0, 0.05) is 85.9 Å². The highest BCUT2D eigenvalue weighted by atomic mass is 35.5. The van der Waals surface area contributed by atoms with E-state index in [2.05, 4.69) is 12.1 Å². The molecule has 6 fully saturated rings. The molecule has 0 radical (unpaired) electrons. The van der Waals surface area contributed by atoms with E-state index in [0.717, 1.165) is 72.2 Å². The molecule has 10 rings (SSSR count). The van der Waals surface area contributed by atoms with Crippen molar-refractivity contribution in [1.82, 2.24) is 0 Å². The highest BCUT2D eigenvalue weighted by molar-refractivity contribution is 6.31. The van der Waals surface area contributed by atoms with Crippen molar-refractivity contribution >= 4 is 47.1 Å². The molecular weight excluding hydrogens is 1040 g/mol. The second-order valence-electron chi connectivity index (χ2n) is 21.6. The molecule has 4 saturated heterocycles. The summed E-state index contributed by atoms with van der Waals surface area (Å²) < 4.78 is 65.1. The van der Waals surface area contributed by atoms with Crippen LogP contribution in [-0.2, 0) is 80.4 Å². The van der Waals surface area contributed by atoms with Gasteiger partial charge >= 0.3 is 23.9 Å². The number of methoxy groups -OCH3 is 1. The van der Waals surface area contributed by atoms with Gasteiger partial charge < -0.3 is 52.1 Å². The second-order valence-corrected chi connectivity index (χ2v) is 22.4. The second kappa shape index (κ2) is 24.6. The fourth-order valence-corrected chi connectivity index (χ4v) is 12.3. The van der Waals surface area contributed by atoms with Crippen molar-refractivity contribution in [1.29, 1.82) is 0 Å². The molecule has 0 N–H and O–H groups in total. The molecule has 6 unspecified atom stereocenters. The molecule has 4 aromatic carbocycles. The van der Waals surface area contributed by atoms with Crippen LogP contribution in [-0.4, -0.2) is 106 Å². The molecular formula is C61H72Cl2O15. The SMILES string of the molecule is CC[C@H]1OC(OC)(c2ccc(Cl)c(Cc3ccc(OC4C5COCC54)cc3)c2)[C@H](OC(C)=O)[C@@H](OC(C)=O)[C@@H]1C.CC[C@H]1OC(c2ccc(Cl)c(Cc3ccc(OC4C5COCC54)cc3)c2)[C@H](OC(C)=O)[C@@H](OC(C)=O)[C@@H]1C. The molecule has 0 amide bonds. The van der Waals surface area contributed by atoms with Gasteiger partial charge in [-0.2, -0.15) is 0 Å². The van der Waals surface area contributed by atoms with Gasteiger partial charge in [0.25, 0.3) is 0 Å². The summed E-state index contributed by atoms with van der Waals surface area (Å²) in [6.45, 7) is 16.4. The lowest BCUT2D eigenvalue weighted by Gasteiger charge is -2.50. The third kappa shape index (κ3) is 12.7. The Labute approximate surface area is 467 Å². The molecule has 0 aromatic heterocycles. The summed E-state index contributed by atoms with van der Waals surface area (Å²) in [4.78, 5) is 48.3. The molecule has 0 spiro atoms. The average Bonchev–Trinajstić information content (AvgIpc) is 4.03. The minimum absolute atomic E-state index is 0.139. The van der Waals surface area contributed by atoms with E-state index >= 15 is 0 Å². The van der Waals surface area contributed by atoms with Crippen molar-refractivity contribution in [3.8, 4) is 11.5 Å². The van der Waals surface area contributed by atoms with Crippen molar-refractivity contribution in [2.24, 2.45) is 35.5 Å². The number of carbonyl (C=O) groups excluding carboxylic acids is 4. The van der Waals surface area contributed by atoms with Crippen molar-refractivity contribution < 1.29 is 71.3 Å². The number of hydrogen-bond acceptors (Lipinski definition) is 15. The van der Waals surface area contributed by atoms with Crippen LogP contribution in [0.1, 0.15) is 108 Å². The number of carbonyl (C=O) groups is 4. The Morgan fingerprint density at radius 2 is 1.00 bits per heavy atom. The topological polar surface area (TPSA) is 170 Å². The lowest BCUT2D eigenvalue weighted by atomic mass is 9.81. The van der Waals surface area contributed by atoms with E-state index < -0.39 is 60.2 Å². The zero-order valence-corrected chi connectivity index (χ0v) is 47.3. The van der Waals surface area contributed by atoms with Crippen LogP contribution >= 0.6 is 23.2 Å².